The molecule has 60 heavy (non-hydrogen) atoms. The Morgan fingerprint density at radius 2 is 1.03 bits per heavy atom. The van der Waals surface area contributed by atoms with Crippen LogP contribution in [-0.2, 0) is 41.6 Å². The highest BCUT2D eigenvalue weighted by Gasteiger charge is 2.54. The molecule has 0 N–H and O–H groups in total. The second-order valence-electron chi connectivity index (χ2n) is 13.6. The van der Waals surface area contributed by atoms with Gasteiger partial charge in [0.2, 0.25) is 0 Å². The van der Waals surface area contributed by atoms with Crippen LogP contribution in [0, 0.1) is 0 Å². The molecule has 5 aromatic carbocycles. The molecule has 1 aliphatic heterocycles. The lowest BCUT2D eigenvalue weighted by atomic mass is 10.0. The van der Waals surface area contributed by atoms with E-state index in [2.05, 4.69) is 5.10 Å². The average Bonchev–Trinajstić information content (AvgIpc) is 3.83. The van der Waals surface area contributed by atoms with Gasteiger partial charge in [-0.1, -0.05) is 115 Å². The molecule has 0 unspecified atom stereocenters. The summed E-state index contributed by atoms with van der Waals surface area (Å²) in [5, 5.41) is 4.64. The van der Waals surface area contributed by atoms with Gasteiger partial charge in [0.1, 0.15) is 31.0 Å². The molecule has 0 aliphatic carbocycles. The molecule has 2 heterocycles. The molecule has 4 atom stereocenters. The zero-order valence-electron chi connectivity index (χ0n) is 32.5. The van der Waals surface area contributed by atoms with Crippen molar-refractivity contribution >= 4 is 29.8 Å². The lowest BCUT2D eigenvalue weighted by Crippen LogP contribution is -2.41. The predicted molar refractivity (Wildman–Crippen MR) is 215 cm³/mol. The number of carbonyl (C=O) groups excluding carboxylic acids is 5. The van der Waals surface area contributed by atoms with E-state index in [4.69, 9.17) is 28.4 Å². The monoisotopic (exact) mass is 808 g/mol. The number of carbonyl (C=O) groups is 5. The quantitative estimate of drug-likeness (QED) is 0.0759. The minimum Gasteiger partial charge on any atom is -0.462 e. The van der Waals surface area contributed by atoms with E-state index in [-0.39, 0.29) is 53.4 Å². The summed E-state index contributed by atoms with van der Waals surface area (Å²) < 4.78 is 37.3. The Labute approximate surface area is 345 Å². The number of hydrogen-bond acceptors (Lipinski definition) is 12. The Morgan fingerprint density at radius 1 is 0.550 bits per heavy atom. The van der Waals surface area contributed by atoms with Gasteiger partial charge in [0.15, 0.2) is 17.9 Å². The standard InChI is InChI=1S/C47H40N2O11/c1-2-55-46(53)37-38(47(54)56-29-32-20-10-4-11-21-32)48-49(28-31-18-8-3-9-19-31)39(37)41-42(60-45(52)35-26-16-7-17-27-35)40(59-44(51)34-24-14-6-15-25-34)36(58-41)30-57-43(50)33-22-12-5-13-23-33/h3-27,36,40-42H,2,28-30H2,1H3/t36-,40-,41+,42-/m1/s1. The number of esters is 5. The highest BCUT2D eigenvalue weighted by Crippen LogP contribution is 2.41. The second-order valence-corrected chi connectivity index (χ2v) is 13.6. The molecule has 304 valence electrons. The highest BCUT2D eigenvalue weighted by atomic mass is 16.7. The van der Waals surface area contributed by atoms with Crippen LogP contribution < -0.4 is 0 Å². The molecule has 1 aliphatic rings. The molecule has 0 saturated carbocycles. The molecule has 13 heteroatoms. The number of rotatable bonds is 15. The summed E-state index contributed by atoms with van der Waals surface area (Å²) in [6, 6.07) is 42.6. The van der Waals surface area contributed by atoms with Gasteiger partial charge in [0, 0.05) is 0 Å². The molecule has 1 fully saturated rings. The first kappa shape index (κ1) is 40.8. The van der Waals surface area contributed by atoms with E-state index in [1.807, 2.05) is 36.4 Å². The Bertz CT molecular complexity index is 2410. The SMILES string of the molecule is CCOC(=O)c1c(C(=O)OCc2ccccc2)nn(Cc2ccccc2)c1[C@@H]1O[C@H](COC(=O)c2ccccc2)[C@@H](OC(=O)c2ccccc2)[C@H]1OC(=O)c1ccccc1. The molecular formula is C47H40N2O11. The fraction of sp³-hybridized carbons (Fsp3) is 0.191. The van der Waals surface area contributed by atoms with Gasteiger partial charge in [-0.05, 0) is 54.4 Å². The molecule has 0 radical (unpaired) electrons. The first-order valence-electron chi connectivity index (χ1n) is 19.2. The predicted octanol–water partition coefficient (Wildman–Crippen LogP) is 7.21. The molecule has 6 aromatic rings. The van der Waals surface area contributed by atoms with Gasteiger partial charge < -0.3 is 28.4 Å². The van der Waals surface area contributed by atoms with E-state index in [1.54, 1.807) is 122 Å². The molecular weight excluding hydrogens is 769 g/mol. The summed E-state index contributed by atoms with van der Waals surface area (Å²) in [7, 11) is 0. The zero-order valence-corrected chi connectivity index (χ0v) is 32.5. The van der Waals surface area contributed by atoms with E-state index >= 15 is 0 Å². The number of nitrogens with zero attached hydrogens (tertiary/aromatic N) is 2. The molecule has 1 aromatic heterocycles. The van der Waals surface area contributed by atoms with E-state index in [1.165, 1.54) is 4.68 Å². The van der Waals surface area contributed by atoms with E-state index in [9.17, 15) is 24.0 Å². The lowest BCUT2D eigenvalue weighted by molar-refractivity contribution is -0.0454. The molecule has 1 saturated heterocycles. The van der Waals surface area contributed by atoms with E-state index in [0.29, 0.717) is 5.56 Å². The summed E-state index contributed by atoms with van der Waals surface area (Å²) in [6.07, 6.45) is -5.72. The topological polar surface area (TPSA) is 159 Å². The van der Waals surface area contributed by atoms with Gasteiger partial charge in [0.05, 0.1) is 35.5 Å². The van der Waals surface area contributed by atoms with Crippen molar-refractivity contribution in [3.05, 3.63) is 196 Å². The van der Waals surface area contributed by atoms with E-state index in [0.717, 1.165) is 5.56 Å². The Hall–Kier alpha value is -7.38. The average molecular weight is 809 g/mol. The van der Waals surface area contributed by atoms with Gasteiger partial charge >= 0.3 is 29.8 Å². The number of aromatic nitrogens is 2. The van der Waals surface area contributed by atoms with Crippen molar-refractivity contribution in [3.8, 4) is 0 Å². The molecule has 0 spiro atoms. The fourth-order valence-corrected chi connectivity index (χ4v) is 6.68. The van der Waals surface area contributed by atoms with Crippen LogP contribution in [0.25, 0.3) is 0 Å². The molecule has 0 bridgehead atoms. The lowest BCUT2D eigenvalue weighted by Gasteiger charge is -2.25. The Kier molecular flexibility index (Phi) is 13.2. The van der Waals surface area contributed by atoms with Crippen molar-refractivity contribution in [2.75, 3.05) is 13.2 Å². The van der Waals surface area contributed by atoms with Crippen molar-refractivity contribution in [3.63, 3.8) is 0 Å². The number of hydrogen-bond donors (Lipinski definition) is 0. The number of ether oxygens (including phenoxy) is 6. The smallest absolute Gasteiger partial charge is 0.360 e. The van der Waals surface area contributed by atoms with Gasteiger partial charge in [0.25, 0.3) is 0 Å². The summed E-state index contributed by atoms with van der Waals surface area (Å²) >= 11 is 0. The minimum atomic E-state index is -1.52. The Balaban J connectivity index is 1.36. The van der Waals surface area contributed by atoms with Crippen LogP contribution in [0.3, 0.4) is 0 Å². The van der Waals surface area contributed by atoms with Gasteiger partial charge in [-0.3, -0.25) is 4.68 Å². The van der Waals surface area contributed by atoms with Crippen molar-refractivity contribution in [1.29, 1.82) is 0 Å². The highest BCUT2D eigenvalue weighted by molar-refractivity contribution is 6.03. The van der Waals surface area contributed by atoms with Gasteiger partial charge in [-0.15, -0.1) is 0 Å². The maximum Gasteiger partial charge on any atom is 0.360 e. The van der Waals surface area contributed by atoms with Crippen LogP contribution in [-0.4, -0.2) is 71.2 Å². The van der Waals surface area contributed by atoms with Crippen LogP contribution in [0.15, 0.2) is 152 Å². The van der Waals surface area contributed by atoms with Crippen LogP contribution in [0.5, 0.6) is 0 Å². The van der Waals surface area contributed by atoms with Crippen molar-refractivity contribution in [2.24, 2.45) is 0 Å². The van der Waals surface area contributed by atoms with Crippen LogP contribution in [0.4, 0.5) is 0 Å². The van der Waals surface area contributed by atoms with Crippen LogP contribution in [0.1, 0.15) is 81.8 Å². The van der Waals surface area contributed by atoms with Crippen LogP contribution in [0.2, 0.25) is 0 Å². The molecule has 7 rings (SSSR count). The minimum absolute atomic E-state index is 0.00408. The normalized spacial score (nSPS) is 16.9. The fourth-order valence-electron chi connectivity index (χ4n) is 6.68. The third kappa shape index (κ3) is 9.65. The third-order valence-electron chi connectivity index (χ3n) is 9.53. The van der Waals surface area contributed by atoms with Crippen molar-refractivity contribution < 1.29 is 52.4 Å². The van der Waals surface area contributed by atoms with Crippen molar-refractivity contribution in [2.45, 2.75) is 44.5 Å². The molecule has 13 nitrogen and oxygen atoms in total. The summed E-state index contributed by atoms with van der Waals surface area (Å²) in [5.41, 5.74) is 1.27. The summed E-state index contributed by atoms with van der Waals surface area (Å²) in [4.78, 5) is 69.2. The summed E-state index contributed by atoms with van der Waals surface area (Å²) in [5.74, 6) is -4.18. The Morgan fingerprint density at radius 3 is 1.57 bits per heavy atom. The maximum absolute atomic E-state index is 14.1. The summed E-state index contributed by atoms with van der Waals surface area (Å²) in [6.45, 7) is 0.909. The van der Waals surface area contributed by atoms with Crippen molar-refractivity contribution in [1.82, 2.24) is 9.78 Å². The van der Waals surface area contributed by atoms with Crippen LogP contribution >= 0.6 is 0 Å². The zero-order chi connectivity index (χ0) is 41.8. The first-order valence-corrected chi connectivity index (χ1v) is 19.2. The maximum atomic E-state index is 14.1. The largest absolute Gasteiger partial charge is 0.462 e. The third-order valence-corrected chi connectivity index (χ3v) is 9.53. The van der Waals surface area contributed by atoms with E-state index < -0.39 is 60.9 Å². The van der Waals surface area contributed by atoms with Gasteiger partial charge in [-0.25, -0.2) is 24.0 Å². The second kappa shape index (κ2) is 19.4. The number of benzene rings is 5. The van der Waals surface area contributed by atoms with Gasteiger partial charge in [-0.2, -0.15) is 5.10 Å². The first-order chi connectivity index (χ1) is 29.3. The molecule has 0 amide bonds.